The molecular weight excluding hydrogens is 552 g/mol. The number of benzene rings is 3. The second-order valence-electron chi connectivity index (χ2n) is 11.0. The minimum Gasteiger partial charge on any atom is -0.497 e. The van der Waals surface area contributed by atoms with Crippen LogP contribution in [0.15, 0.2) is 78.9 Å². The summed E-state index contributed by atoms with van der Waals surface area (Å²) in [6.07, 6.45) is 3.45. The highest BCUT2D eigenvalue weighted by Gasteiger charge is 2.47. The van der Waals surface area contributed by atoms with E-state index in [2.05, 4.69) is 15.5 Å². The fraction of sp³-hybridized carbons (Fsp3) is 0.394. The van der Waals surface area contributed by atoms with Crippen molar-refractivity contribution in [1.29, 1.82) is 0 Å². The summed E-state index contributed by atoms with van der Waals surface area (Å²) in [5.74, 6) is 1.74. The van der Waals surface area contributed by atoms with Gasteiger partial charge in [0.25, 0.3) is 0 Å². The lowest BCUT2D eigenvalue weighted by Gasteiger charge is -2.38. The van der Waals surface area contributed by atoms with E-state index in [9.17, 15) is 9.59 Å². The zero-order chi connectivity index (χ0) is 28.7. The number of ether oxygens (including phenoxy) is 2. The third-order valence-corrected chi connectivity index (χ3v) is 8.54. The van der Waals surface area contributed by atoms with Crippen LogP contribution in [0.1, 0.15) is 42.9 Å². The lowest BCUT2D eigenvalue weighted by atomic mass is 9.77. The van der Waals surface area contributed by atoms with Crippen LogP contribution in [0.4, 0.5) is 10.5 Å². The lowest BCUT2D eigenvalue weighted by molar-refractivity contribution is -0.138. The minimum atomic E-state index is -0.269. The first-order valence-electron chi connectivity index (χ1n) is 14.4. The Balaban J connectivity index is 0.00000405. The highest BCUT2D eigenvalue weighted by molar-refractivity contribution is 5.91. The van der Waals surface area contributed by atoms with Crippen LogP contribution in [0.25, 0.3) is 0 Å². The van der Waals surface area contributed by atoms with Crippen molar-refractivity contribution in [1.82, 2.24) is 15.1 Å². The van der Waals surface area contributed by atoms with Crippen molar-refractivity contribution in [2.75, 3.05) is 45.7 Å². The predicted molar refractivity (Wildman–Crippen MR) is 167 cm³/mol. The van der Waals surface area contributed by atoms with Crippen LogP contribution < -0.4 is 20.1 Å². The van der Waals surface area contributed by atoms with E-state index in [1.807, 2.05) is 83.8 Å². The average Bonchev–Trinajstić information content (AvgIpc) is 3.31. The molecule has 2 fully saturated rings. The lowest BCUT2D eigenvalue weighted by Crippen LogP contribution is -2.45. The smallest absolute Gasteiger partial charge is 0.319 e. The van der Waals surface area contributed by atoms with Gasteiger partial charge in [0.2, 0.25) is 5.91 Å². The first kappa shape index (κ1) is 31.2. The van der Waals surface area contributed by atoms with E-state index in [1.165, 1.54) is 0 Å². The van der Waals surface area contributed by atoms with Crippen LogP contribution in [0, 0.1) is 5.41 Å². The summed E-state index contributed by atoms with van der Waals surface area (Å²) in [7, 11) is 3.25. The molecule has 9 heteroatoms. The number of likely N-dealkylation sites (tertiary alicyclic amines) is 2. The first-order chi connectivity index (χ1) is 20.0. The second-order valence-corrected chi connectivity index (χ2v) is 11.0. The maximum Gasteiger partial charge on any atom is 0.319 e. The van der Waals surface area contributed by atoms with E-state index >= 15 is 0 Å². The Labute approximate surface area is 254 Å². The van der Waals surface area contributed by atoms with Crippen molar-refractivity contribution in [3.63, 3.8) is 0 Å². The first-order valence-corrected chi connectivity index (χ1v) is 14.4. The van der Waals surface area contributed by atoms with Gasteiger partial charge in [-0.3, -0.25) is 4.79 Å². The number of methoxy groups -OCH3 is 2. The molecule has 2 aliphatic rings. The molecule has 0 bridgehead atoms. The van der Waals surface area contributed by atoms with Gasteiger partial charge in [0.15, 0.2) is 0 Å². The number of nitrogens with one attached hydrogen (secondary N) is 2. The van der Waals surface area contributed by atoms with Crippen LogP contribution >= 0.6 is 12.4 Å². The molecule has 0 saturated carbocycles. The fourth-order valence-electron chi connectivity index (χ4n) is 6.05. The van der Waals surface area contributed by atoms with Gasteiger partial charge in [0, 0.05) is 19.6 Å². The van der Waals surface area contributed by atoms with Gasteiger partial charge in [-0.1, -0.05) is 54.6 Å². The molecule has 0 aromatic heterocycles. The van der Waals surface area contributed by atoms with Gasteiger partial charge in [-0.2, -0.15) is 0 Å². The molecule has 3 amide bonds. The Morgan fingerprint density at radius 2 is 1.55 bits per heavy atom. The van der Waals surface area contributed by atoms with Crippen molar-refractivity contribution in [3.05, 3.63) is 90.0 Å². The van der Waals surface area contributed by atoms with Crippen molar-refractivity contribution >= 4 is 30.0 Å². The molecule has 0 aliphatic carbocycles. The molecule has 1 unspecified atom stereocenters. The van der Waals surface area contributed by atoms with E-state index < -0.39 is 0 Å². The molecule has 0 radical (unpaired) electrons. The molecule has 3 aromatic rings. The molecule has 8 nitrogen and oxygen atoms in total. The largest absolute Gasteiger partial charge is 0.497 e. The molecule has 3 aromatic carbocycles. The molecular formula is C33H41ClN4O4. The molecule has 5 rings (SSSR count). The summed E-state index contributed by atoms with van der Waals surface area (Å²) in [6.45, 7) is 4.07. The maximum atomic E-state index is 13.5. The number of carbonyl (C=O) groups excluding carboxylic acids is 2. The van der Waals surface area contributed by atoms with Gasteiger partial charge in [-0.25, -0.2) is 4.79 Å². The number of nitrogens with zero attached hydrogens (tertiary/aromatic N) is 2. The number of halogens is 1. The van der Waals surface area contributed by atoms with Crippen LogP contribution in [0.2, 0.25) is 0 Å². The van der Waals surface area contributed by atoms with E-state index in [4.69, 9.17) is 9.47 Å². The van der Waals surface area contributed by atoms with Crippen molar-refractivity contribution in [2.24, 2.45) is 5.41 Å². The molecule has 2 saturated heterocycles. The highest BCUT2D eigenvalue weighted by atomic mass is 35.5. The van der Waals surface area contributed by atoms with Gasteiger partial charge in [0.1, 0.15) is 11.5 Å². The van der Waals surface area contributed by atoms with E-state index in [0.717, 1.165) is 68.7 Å². The number of rotatable bonds is 10. The Kier molecular flexibility index (Phi) is 10.7. The van der Waals surface area contributed by atoms with Gasteiger partial charge >= 0.3 is 6.03 Å². The van der Waals surface area contributed by atoms with Crippen LogP contribution in [0.3, 0.4) is 0 Å². The SMILES string of the molecule is COc1ccc(CN2CCC3(CCN(CCC(NC(=O)Nc4ccccc4OC)c4ccccc4)CC3)C2=O)cc1.Cl. The maximum absolute atomic E-state index is 13.5. The number of amides is 3. The quantitative estimate of drug-likeness (QED) is 0.307. The minimum absolute atomic E-state index is 0. The number of hydrogen-bond donors (Lipinski definition) is 2. The third kappa shape index (κ3) is 7.36. The van der Waals surface area contributed by atoms with Crippen molar-refractivity contribution < 1.29 is 19.1 Å². The van der Waals surface area contributed by atoms with Crippen molar-refractivity contribution in [2.45, 2.75) is 38.3 Å². The molecule has 2 aliphatic heterocycles. The zero-order valence-corrected chi connectivity index (χ0v) is 25.2. The molecule has 1 spiro atoms. The summed E-state index contributed by atoms with van der Waals surface area (Å²) < 4.78 is 10.6. The number of para-hydroxylation sites is 2. The fourth-order valence-corrected chi connectivity index (χ4v) is 6.05. The van der Waals surface area contributed by atoms with E-state index in [-0.39, 0.29) is 29.9 Å². The molecule has 2 heterocycles. The Hall–Kier alpha value is -3.75. The topological polar surface area (TPSA) is 83.1 Å². The monoisotopic (exact) mass is 592 g/mol. The number of hydrogen-bond acceptors (Lipinski definition) is 5. The van der Waals surface area contributed by atoms with Gasteiger partial charge in [0.05, 0.1) is 31.4 Å². The van der Waals surface area contributed by atoms with Crippen LogP contribution in [-0.2, 0) is 11.3 Å². The van der Waals surface area contributed by atoms with E-state index in [0.29, 0.717) is 23.9 Å². The average molecular weight is 593 g/mol. The third-order valence-electron chi connectivity index (χ3n) is 8.54. The van der Waals surface area contributed by atoms with Gasteiger partial charge in [-0.15, -0.1) is 12.4 Å². The Bertz CT molecular complexity index is 1310. The summed E-state index contributed by atoms with van der Waals surface area (Å²) in [5, 5.41) is 6.09. The predicted octanol–water partition coefficient (Wildman–Crippen LogP) is 5.89. The molecule has 42 heavy (non-hydrogen) atoms. The second kappa shape index (κ2) is 14.4. The molecule has 1 atom stereocenters. The molecule has 2 N–H and O–H groups in total. The Morgan fingerprint density at radius 3 is 2.24 bits per heavy atom. The number of anilines is 1. The summed E-state index contributed by atoms with van der Waals surface area (Å²) in [4.78, 5) is 30.9. The highest BCUT2D eigenvalue weighted by Crippen LogP contribution is 2.42. The standard InChI is InChI=1S/C33H40N4O4.ClH/c1-40-27-14-12-25(13-15-27)24-37-23-19-33(31(37)38)17-21-36(22-18-33)20-16-28(26-8-4-3-5-9-26)34-32(39)35-29-10-6-7-11-30(29)41-2;/h3-15,28H,16-24H2,1-2H3,(H2,34,35,39);1H. The normalized spacial score (nSPS) is 16.9. The van der Waals surface area contributed by atoms with Crippen LogP contribution in [0.5, 0.6) is 11.5 Å². The van der Waals surface area contributed by atoms with Crippen molar-refractivity contribution in [3.8, 4) is 11.5 Å². The van der Waals surface area contributed by atoms with E-state index in [1.54, 1.807) is 14.2 Å². The molecule has 224 valence electrons. The number of carbonyl (C=O) groups is 2. The zero-order valence-electron chi connectivity index (χ0n) is 24.4. The summed E-state index contributed by atoms with van der Waals surface area (Å²) in [6, 6.07) is 25.0. The van der Waals surface area contributed by atoms with Gasteiger partial charge in [-0.05, 0) is 74.2 Å². The number of piperidine rings is 1. The Morgan fingerprint density at radius 1 is 0.881 bits per heavy atom. The van der Waals surface area contributed by atoms with Crippen LogP contribution in [-0.4, -0.2) is 62.1 Å². The summed E-state index contributed by atoms with van der Waals surface area (Å²) in [5.41, 5.74) is 2.58. The summed E-state index contributed by atoms with van der Waals surface area (Å²) >= 11 is 0. The van der Waals surface area contributed by atoms with Gasteiger partial charge < -0.3 is 29.9 Å². The number of urea groups is 1.